The van der Waals surface area contributed by atoms with Crippen LogP contribution in [0.15, 0.2) is 206 Å². The third-order valence-electron chi connectivity index (χ3n) is 21.2. The second-order valence-electron chi connectivity index (χ2n) is 30.0. The number of aryl methyl sites for hydroxylation is 7. The number of benzene rings is 10. The molecule has 15 aromatic rings. The normalized spacial score (nSPS) is 12.3. The van der Waals surface area contributed by atoms with Gasteiger partial charge in [-0.25, -0.2) is 32.8 Å². The maximum atomic E-state index is 13.8. The van der Waals surface area contributed by atoms with E-state index in [4.69, 9.17) is 47.4 Å². The van der Waals surface area contributed by atoms with Gasteiger partial charge in [0.1, 0.15) is 33.0 Å². The Morgan fingerprint density at radius 3 is 0.941 bits per heavy atom. The SMILES string of the molecule is CCCc1cccc(-n2nnn(C)c2=O)c1COc1cc[c-]cc1OC.COc1c[c-]ccc1OCc1c(C(C)C)cccc1-n1nnn(C)c1=O.COc1c[c-]ccc1OCc1c(C)cccc1-n1nnn(C)c1=O.COc1c[c-]ccc1OCc1c(C2CC2(F)F)cccc1-n1nnn(C)c1=O.COc1c[c-]ccc1OCc1c(C2CC2)cccc1-n1nnn(C)c1=O.[Y].[Y].[Y].[Y].[Y]. The van der Waals surface area contributed by atoms with E-state index in [-0.39, 0.29) is 225 Å². The number of alkyl halides is 2. The molecule has 0 spiro atoms. The Bertz CT molecular complexity index is 6620. The van der Waals surface area contributed by atoms with Crippen molar-refractivity contribution in [2.75, 3.05) is 35.5 Å². The molecule has 42 heteroatoms. The monoisotopic (exact) mass is 2210 g/mol. The molecule has 135 heavy (non-hydrogen) atoms. The fraction of sp³-hybridized carbons (Fsp3) is 0.301. The third-order valence-corrected chi connectivity index (χ3v) is 21.2. The van der Waals surface area contributed by atoms with Crippen LogP contribution in [-0.2, 0) is 238 Å². The smallest absolute Gasteiger partial charge is 0.368 e. The van der Waals surface area contributed by atoms with Crippen LogP contribution < -0.4 is 75.8 Å². The average Bonchev–Trinajstić information content (AvgIpc) is 1.59. The number of tetrazole rings is 5. The average molecular weight is 2220 g/mol. The van der Waals surface area contributed by atoms with Gasteiger partial charge in [-0.1, -0.05) is 87.9 Å². The number of nitrogens with zero attached hydrogens (tertiary/aromatic N) is 20. The zero-order valence-electron chi connectivity index (χ0n) is 76.8. The molecular weight excluding hydrogens is 2120 g/mol. The molecule has 17 rings (SSSR count). The first-order chi connectivity index (χ1) is 62.9. The fourth-order valence-corrected chi connectivity index (χ4v) is 14.1. The van der Waals surface area contributed by atoms with Crippen molar-refractivity contribution in [3.63, 3.8) is 0 Å². The zero-order valence-corrected chi connectivity index (χ0v) is 91.0. The van der Waals surface area contributed by atoms with Crippen molar-refractivity contribution in [2.24, 2.45) is 35.2 Å². The molecule has 2 aliphatic carbocycles. The summed E-state index contributed by atoms with van der Waals surface area (Å²) in [4.78, 5) is 61.4. The molecule has 2 saturated carbocycles. The topological polar surface area (TPSA) is 356 Å². The first-order valence-electron chi connectivity index (χ1n) is 41.1. The van der Waals surface area contributed by atoms with Crippen molar-refractivity contribution in [1.82, 2.24) is 99.0 Å². The van der Waals surface area contributed by atoms with Gasteiger partial charge >= 0.3 is 28.4 Å². The first-order valence-corrected chi connectivity index (χ1v) is 41.1. The molecule has 2 fully saturated rings. The van der Waals surface area contributed by atoms with Gasteiger partial charge in [-0.2, -0.15) is 107 Å². The van der Waals surface area contributed by atoms with Crippen molar-refractivity contribution in [2.45, 2.75) is 117 Å². The van der Waals surface area contributed by atoms with E-state index in [0.717, 1.165) is 74.0 Å². The molecule has 1 atom stereocenters. The van der Waals surface area contributed by atoms with Crippen LogP contribution in [0.1, 0.15) is 120 Å². The molecule has 35 nitrogen and oxygen atoms in total. The van der Waals surface area contributed by atoms with Gasteiger partial charge in [0.15, 0.2) is 0 Å². The molecule has 5 radical (unpaired) electrons. The van der Waals surface area contributed by atoms with E-state index < -0.39 is 17.5 Å². The first kappa shape index (κ1) is 110. The van der Waals surface area contributed by atoms with Crippen LogP contribution in [0.3, 0.4) is 0 Å². The second kappa shape index (κ2) is 51.9. The van der Waals surface area contributed by atoms with E-state index in [1.54, 1.807) is 160 Å². The summed E-state index contributed by atoms with van der Waals surface area (Å²) in [5.74, 6) is 2.91. The molecule has 2 aliphatic rings. The summed E-state index contributed by atoms with van der Waals surface area (Å²) in [6.45, 7) is 9.36. The number of rotatable bonds is 30. The molecule has 0 bridgehead atoms. The summed E-state index contributed by atoms with van der Waals surface area (Å²) in [6.07, 6.45) is 3.92. The van der Waals surface area contributed by atoms with Gasteiger partial charge in [0.2, 0.25) is 0 Å². The van der Waals surface area contributed by atoms with Gasteiger partial charge in [0, 0.05) is 262 Å². The maximum Gasteiger partial charge on any atom is 0.368 e. The molecular formula is C93H95F2N20O15Y5-5. The molecule has 691 valence electrons. The van der Waals surface area contributed by atoms with Crippen molar-refractivity contribution >= 4 is 0 Å². The molecule has 0 saturated heterocycles. The minimum Gasteiger partial charge on any atom is -0.551 e. The van der Waals surface area contributed by atoms with Crippen molar-refractivity contribution in [1.29, 1.82) is 0 Å². The standard InChI is InChI=1S/C19H17F2N4O3.C19H19N4O3.2C19H21N4O3.C17H17N4O3.5Y/c1-24-18(26)25(23-22-24)15-7-5-6-12(14-10-19(14,20)21)13(15)11-28-17-9-4-3-8-16(17)27-2;1-22-19(24)23(21-20-22)16-7-5-6-14(13-10-11-13)15(16)12-26-18-9-4-3-8-17(18)25-2;1-13(2)14-8-7-9-16(23-19(24)22(3)20-21-23)15(14)12-26-18-11-6-5-10-17(18)25-4;1-4-8-14-9-7-10-16(23-19(24)22(2)20-21-23)15(14)13-26-18-12-6-5-11-17(18)25-3;1-12-7-6-8-14(21-17(22)20(2)18-19-21)13(12)11-24-16-10-5-4-9-15(16)23-3;;;;;/h4-9,14H,10-11H2,1-2H3;4-9,13H,10-12H2,1-2H3;6-11,13H,12H2,1-4H3;6-7,9-12H,4,8,13H2,1-3H3;5-10H,11H2,1-3H3;;;;;/q5*-1;;;;;. The number of aromatic nitrogens is 20. The van der Waals surface area contributed by atoms with Gasteiger partial charge < -0.3 is 47.4 Å². The van der Waals surface area contributed by atoms with Crippen LogP contribution in [0, 0.1) is 37.3 Å². The zero-order chi connectivity index (χ0) is 92.3. The Morgan fingerprint density at radius 1 is 0.363 bits per heavy atom. The van der Waals surface area contributed by atoms with E-state index in [9.17, 15) is 32.8 Å². The Hall–Kier alpha value is -10.1. The van der Waals surface area contributed by atoms with Crippen LogP contribution in [0.25, 0.3) is 28.4 Å². The largest absolute Gasteiger partial charge is 0.551 e. The van der Waals surface area contributed by atoms with E-state index >= 15 is 0 Å². The molecule has 5 aromatic heterocycles. The predicted molar refractivity (Wildman–Crippen MR) is 471 cm³/mol. The van der Waals surface area contributed by atoms with Crippen LogP contribution in [-0.4, -0.2) is 140 Å². The van der Waals surface area contributed by atoms with Crippen LogP contribution in [0.4, 0.5) is 8.78 Å². The number of methoxy groups -OCH3 is 5. The van der Waals surface area contributed by atoms with Crippen LogP contribution >= 0.6 is 0 Å². The molecule has 10 aromatic carbocycles. The summed E-state index contributed by atoms with van der Waals surface area (Å²) in [7, 11) is 15.6. The maximum absolute atomic E-state index is 13.8. The third kappa shape index (κ3) is 26.9. The molecule has 0 aliphatic heterocycles. The van der Waals surface area contributed by atoms with Crippen molar-refractivity contribution in [3.8, 4) is 85.9 Å². The summed E-state index contributed by atoms with van der Waals surface area (Å²) >= 11 is 0. The van der Waals surface area contributed by atoms with Gasteiger partial charge in [0.25, 0.3) is 5.92 Å². The van der Waals surface area contributed by atoms with Crippen molar-refractivity contribution < 1.29 is 220 Å². The van der Waals surface area contributed by atoms with Crippen molar-refractivity contribution in [3.05, 3.63) is 320 Å². The number of halogens is 2. The van der Waals surface area contributed by atoms with E-state index in [1.165, 1.54) is 57.2 Å². The molecule has 5 heterocycles. The Balaban J connectivity index is 0.000000206. The second-order valence-corrected chi connectivity index (χ2v) is 30.0. The summed E-state index contributed by atoms with van der Waals surface area (Å²) in [5, 5.41) is 38.6. The summed E-state index contributed by atoms with van der Waals surface area (Å²) < 4.78 is 95.9. The minimum absolute atomic E-state index is 0. The summed E-state index contributed by atoms with van der Waals surface area (Å²) in [6, 6.07) is 68.8. The number of ether oxygens (including phenoxy) is 10. The fourth-order valence-electron chi connectivity index (χ4n) is 14.1. The van der Waals surface area contributed by atoms with Gasteiger partial charge in [-0.05, 0) is 148 Å². The minimum atomic E-state index is -2.76. The van der Waals surface area contributed by atoms with Crippen LogP contribution in [0.5, 0.6) is 57.5 Å². The molecule has 0 N–H and O–H groups in total. The van der Waals surface area contributed by atoms with E-state index in [1.807, 2.05) is 79.7 Å². The number of hydrogen-bond donors (Lipinski definition) is 0. The Labute approximate surface area is 902 Å². The van der Waals surface area contributed by atoms with E-state index in [2.05, 4.69) is 109 Å². The molecule has 0 amide bonds. The predicted octanol–water partition coefficient (Wildman–Crippen LogP) is 11.1. The summed E-state index contributed by atoms with van der Waals surface area (Å²) in [5.41, 5.74) is 10.3. The van der Waals surface area contributed by atoms with Gasteiger partial charge in [-0.15, -0.1) is 60.7 Å². The van der Waals surface area contributed by atoms with Gasteiger partial charge in [-0.3, -0.25) is 0 Å². The molecule has 1 unspecified atom stereocenters. The number of hydrogen-bond acceptors (Lipinski definition) is 25. The van der Waals surface area contributed by atoms with E-state index in [0.29, 0.717) is 110 Å². The Kier molecular flexibility index (Phi) is 42.4. The Morgan fingerprint density at radius 2 is 0.637 bits per heavy atom. The van der Waals surface area contributed by atoms with Gasteiger partial charge in [0.05, 0.1) is 98.7 Å². The quantitative estimate of drug-likeness (QED) is 0.0377. The van der Waals surface area contributed by atoms with Crippen LogP contribution in [0.2, 0.25) is 0 Å².